The van der Waals surface area contributed by atoms with Crippen LogP contribution in [0.2, 0.25) is 0 Å². The van der Waals surface area contributed by atoms with E-state index in [1.807, 2.05) is 0 Å². The molecule has 1 saturated heterocycles. The monoisotopic (exact) mass is 276 g/mol. The fourth-order valence-electron chi connectivity index (χ4n) is 2.26. The van der Waals surface area contributed by atoms with Gasteiger partial charge in [0.05, 0.1) is 0 Å². The lowest BCUT2D eigenvalue weighted by atomic mass is 10.3. The van der Waals surface area contributed by atoms with Crippen LogP contribution < -0.4 is 10.6 Å². The van der Waals surface area contributed by atoms with Crippen LogP contribution in [0, 0.1) is 0 Å². The number of nitrogens with zero attached hydrogens (tertiary/aromatic N) is 5. The van der Waals surface area contributed by atoms with E-state index in [0.29, 0.717) is 18.3 Å². The molecule has 1 fully saturated rings. The molecule has 0 bridgehead atoms. The van der Waals surface area contributed by atoms with Crippen LogP contribution in [0.5, 0.6) is 0 Å². The number of anilines is 1. The van der Waals surface area contributed by atoms with Crippen molar-refractivity contribution in [2.24, 2.45) is 5.73 Å². The van der Waals surface area contributed by atoms with Crippen molar-refractivity contribution in [3.05, 3.63) is 18.3 Å². The van der Waals surface area contributed by atoms with E-state index in [1.54, 1.807) is 13.3 Å². The molecule has 8 nitrogen and oxygen atoms in total. The maximum atomic E-state index is 5.94. The Morgan fingerprint density at radius 2 is 2.45 bits per heavy atom. The van der Waals surface area contributed by atoms with Crippen molar-refractivity contribution in [2.75, 3.05) is 25.1 Å². The summed E-state index contributed by atoms with van der Waals surface area (Å²) < 4.78 is 10.2. The minimum atomic E-state index is 0.171. The predicted octanol–water partition coefficient (Wildman–Crippen LogP) is 0.210. The van der Waals surface area contributed by atoms with Crippen molar-refractivity contribution in [3.63, 3.8) is 0 Å². The molecule has 0 radical (unpaired) electrons. The fourth-order valence-corrected chi connectivity index (χ4v) is 2.26. The van der Waals surface area contributed by atoms with Gasteiger partial charge in [-0.3, -0.25) is 0 Å². The average molecular weight is 276 g/mol. The Morgan fingerprint density at radius 1 is 1.55 bits per heavy atom. The molecule has 2 aromatic heterocycles. The SMILES string of the molecule is COCc1noc(-c2cncnc2N2CC[C@H](N)C2)n1. The highest BCUT2D eigenvalue weighted by Gasteiger charge is 2.25. The summed E-state index contributed by atoms with van der Waals surface area (Å²) in [7, 11) is 1.58. The highest BCUT2D eigenvalue weighted by atomic mass is 16.5. The Kier molecular flexibility index (Phi) is 3.57. The molecule has 8 heteroatoms. The summed E-state index contributed by atoms with van der Waals surface area (Å²) in [5.74, 6) is 1.67. The van der Waals surface area contributed by atoms with Crippen molar-refractivity contribution < 1.29 is 9.26 Å². The van der Waals surface area contributed by atoms with Crippen LogP contribution in [-0.2, 0) is 11.3 Å². The minimum absolute atomic E-state index is 0.171. The van der Waals surface area contributed by atoms with Crippen molar-refractivity contribution >= 4 is 5.82 Å². The third-order valence-corrected chi connectivity index (χ3v) is 3.19. The van der Waals surface area contributed by atoms with E-state index in [0.717, 1.165) is 30.9 Å². The normalized spacial score (nSPS) is 18.7. The number of hydrogen-bond donors (Lipinski definition) is 1. The lowest BCUT2D eigenvalue weighted by Gasteiger charge is -2.18. The van der Waals surface area contributed by atoms with Crippen LogP contribution in [0.25, 0.3) is 11.5 Å². The molecular weight excluding hydrogens is 260 g/mol. The first kappa shape index (κ1) is 12.9. The van der Waals surface area contributed by atoms with Crippen LogP contribution in [0.15, 0.2) is 17.0 Å². The van der Waals surface area contributed by atoms with Gasteiger partial charge in [-0.15, -0.1) is 0 Å². The molecule has 2 aromatic rings. The van der Waals surface area contributed by atoms with E-state index < -0.39 is 0 Å². The first-order valence-electron chi connectivity index (χ1n) is 6.40. The van der Waals surface area contributed by atoms with Crippen LogP contribution in [0.4, 0.5) is 5.82 Å². The highest BCUT2D eigenvalue weighted by Crippen LogP contribution is 2.28. The number of nitrogens with two attached hydrogens (primary N) is 1. The summed E-state index contributed by atoms with van der Waals surface area (Å²) in [6, 6.07) is 0.171. The molecule has 0 amide bonds. The minimum Gasteiger partial charge on any atom is -0.377 e. The van der Waals surface area contributed by atoms with Gasteiger partial charge >= 0.3 is 0 Å². The van der Waals surface area contributed by atoms with E-state index in [-0.39, 0.29) is 6.04 Å². The van der Waals surface area contributed by atoms with E-state index in [2.05, 4.69) is 25.0 Å². The summed E-state index contributed by atoms with van der Waals surface area (Å²) in [6.07, 6.45) is 4.13. The Balaban J connectivity index is 1.92. The Morgan fingerprint density at radius 3 is 3.20 bits per heavy atom. The molecule has 0 unspecified atom stereocenters. The zero-order valence-corrected chi connectivity index (χ0v) is 11.2. The number of methoxy groups -OCH3 is 1. The Labute approximate surface area is 116 Å². The molecule has 1 aliphatic rings. The average Bonchev–Trinajstić information content (AvgIpc) is 3.08. The number of aromatic nitrogens is 4. The molecule has 0 saturated carbocycles. The van der Waals surface area contributed by atoms with E-state index >= 15 is 0 Å². The van der Waals surface area contributed by atoms with Crippen molar-refractivity contribution in [3.8, 4) is 11.5 Å². The zero-order valence-electron chi connectivity index (χ0n) is 11.2. The first-order chi connectivity index (χ1) is 9.78. The molecule has 20 heavy (non-hydrogen) atoms. The lowest BCUT2D eigenvalue weighted by molar-refractivity contribution is 0.174. The largest absolute Gasteiger partial charge is 0.377 e. The molecule has 0 spiro atoms. The summed E-state index contributed by atoms with van der Waals surface area (Å²) in [6.45, 7) is 1.94. The maximum Gasteiger partial charge on any atom is 0.263 e. The molecule has 2 N–H and O–H groups in total. The number of ether oxygens (including phenoxy) is 1. The summed E-state index contributed by atoms with van der Waals surface area (Å²) in [5, 5.41) is 3.86. The fraction of sp³-hybridized carbons (Fsp3) is 0.500. The van der Waals surface area contributed by atoms with Crippen molar-refractivity contribution in [1.82, 2.24) is 20.1 Å². The van der Waals surface area contributed by atoms with Crippen LogP contribution in [0.1, 0.15) is 12.2 Å². The van der Waals surface area contributed by atoms with Crippen molar-refractivity contribution in [1.29, 1.82) is 0 Å². The summed E-state index contributed by atoms with van der Waals surface area (Å²) in [4.78, 5) is 14.8. The summed E-state index contributed by atoms with van der Waals surface area (Å²) >= 11 is 0. The van der Waals surface area contributed by atoms with Gasteiger partial charge in [-0.05, 0) is 6.42 Å². The third kappa shape index (κ3) is 2.47. The van der Waals surface area contributed by atoms with E-state index in [9.17, 15) is 0 Å². The van der Waals surface area contributed by atoms with E-state index in [4.69, 9.17) is 15.0 Å². The topological polar surface area (TPSA) is 103 Å². The summed E-state index contributed by atoms with van der Waals surface area (Å²) in [5.41, 5.74) is 6.66. The van der Waals surface area contributed by atoms with Crippen LogP contribution in [-0.4, -0.2) is 46.3 Å². The molecule has 106 valence electrons. The molecule has 0 aliphatic carbocycles. The second-order valence-electron chi connectivity index (χ2n) is 4.70. The van der Waals surface area contributed by atoms with Gasteiger partial charge in [0.25, 0.3) is 5.89 Å². The van der Waals surface area contributed by atoms with E-state index in [1.165, 1.54) is 6.33 Å². The number of rotatable bonds is 4. The lowest BCUT2D eigenvalue weighted by Crippen LogP contribution is -2.27. The van der Waals surface area contributed by atoms with Gasteiger partial charge in [-0.1, -0.05) is 5.16 Å². The quantitative estimate of drug-likeness (QED) is 0.845. The molecule has 0 aromatic carbocycles. The Bertz CT molecular complexity index is 587. The number of hydrogen-bond acceptors (Lipinski definition) is 8. The second kappa shape index (κ2) is 5.51. The molecule has 3 rings (SSSR count). The maximum absolute atomic E-state index is 5.94. The van der Waals surface area contributed by atoms with Gasteiger partial charge in [0.15, 0.2) is 5.82 Å². The second-order valence-corrected chi connectivity index (χ2v) is 4.70. The van der Waals surface area contributed by atoms with Gasteiger partial charge < -0.3 is 19.9 Å². The molecule has 1 atom stereocenters. The molecule has 1 aliphatic heterocycles. The van der Waals surface area contributed by atoms with Crippen molar-refractivity contribution in [2.45, 2.75) is 19.1 Å². The molecular formula is C12H16N6O2. The molecule has 3 heterocycles. The van der Waals surface area contributed by atoms with Gasteiger partial charge in [0.2, 0.25) is 0 Å². The van der Waals surface area contributed by atoms with Gasteiger partial charge in [-0.25, -0.2) is 9.97 Å². The first-order valence-corrected chi connectivity index (χ1v) is 6.40. The Hall–Kier alpha value is -2.06. The standard InChI is InChI=1S/C12H16N6O2/c1-19-6-10-16-12(20-17-10)9-4-14-7-15-11(9)18-3-2-8(13)5-18/h4,7-8H,2-3,5-6,13H2,1H3/t8-/m0/s1. The predicted molar refractivity (Wildman–Crippen MR) is 70.8 cm³/mol. The third-order valence-electron chi connectivity index (χ3n) is 3.19. The van der Waals surface area contributed by atoms with Gasteiger partial charge in [0.1, 0.15) is 24.3 Å². The zero-order chi connectivity index (χ0) is 13.9. The highest BCUT2D eigenvalue weighted by molar-refractivity contribution is 5.69. The van der Waals surface area contributed by atoms with Crippen LogP contribution >= 0.6 is 0 Å². The van der Waals surface area contributed by atoms with Gasteiger partial charge in [0, 0.05) is 32.4 Å². The van der Waals surface area contributed by atoms with Gasteiger partial charge in [-0.2, -0.15) is 4.98 Å². The van der Waals surface area contributed by atoms with Crippen LogP contribution in [0.3, 0.4) is 0 Å². The smallest absolute Gasteiger partial charge is 0.263 e.